The second-order valence-corrected chi connectivity index (χ2v) is 6.16. The van der Waals surface area contributed by atoms with E-state index >= 15 is 0 Å². The molecule has 2 heterocycles. The number of H-pyrrole nitrogens is 1. The van der Waals surface area contributed by atoms with E-state index in [9.17, 15) is 4.79 Å². The van der Waals surface area contributed by atoms with Gasteiger partial charge in [-0.05, 0) is 39.1 Å². The molecule has 0 aliphatic rings. The first-order valence-electron chi connectivity index (χ1n) is 5.81. The molecule has 0 atom stereocenters. The second-order valence-electron chi connectivity index (χ2n) is 5.34. The smallest absolute Gasteiger partial charge is 0.240 e. The Hall–Kier alpha value is -1.40. The van der Waals surface area contributed by atoms with Gasteiger partial charge in [0, 0.05) is 11.7 Å². The summed E-state index contributed by atoms with van der Waals surface area (Å²) in [5, 5.41) is 3.41. The van der Waals surface area contributed by atoms with Crippen LogP contribution < -0.4 is 5.32 Å². The van der Waals surface area contributed by atoms with E-state index < -0.39 is 0 Å². The van der Waals surface area contributed by atoms with Crippen LogP contribution in [0.4, 0.5) is 0 Å². The van der Waals surface area contributed by atoms with Gasteiger partial charge in [0.25, 0.3) is 0 Å². The summed E-state index contributed by atoms with van der Waals surface area (Å²) >= 11 is 11.1. The van der Waals surface area contributed by atoms with Crippen LogP contribution >= 0.6 is 23.8 Å². The second kappa shape index (κ2) is 4.94. The Morgan fingerprint density at radius 3 is 2.89 bits per heavy atom. The van der Waals surface area contributed by atoms with E-state index in [0.717, 1.165) is 5.52 Å². The Morgan fingerprint density at radius 2 is 2.26 bits per heavy atom. The third-order valence-electron chi connectivity index (χ3n) is 2.39. The number of hydrogen-bond donors (Lipinski definition) is 2. The van der Waals surface area contributed by atoms with Gasteiger partial charge in [0.2, 0.25) is 5.91 Å². The summed E-state index contributed by atoms with van der Waals surface area (Å²) < 4.78 is 2.11. The van der Waals surface area contributed by atoms with Crippen molar-refractivity contribution in [2.75, 3.05) is 0 Å². The molecule has 0 unspecified atom stereocenters. The van der Waals surface area contributed by atoms with Crippen LogP contribution in [0.3, 0.4) is 0 Å². The molecule has 0 bridgehead atoms. The molecule has 1 amide bonds. The standard InChI is InChI=1S/C12H15ClN4OS/c1-12(2,3)16-9(18)6-17-10-8(15-11(17)19)4-7(13)5-14-10/h4-5H,6H2,1-3H3,(H,15,19)(H,16,18). The molecule has 7 heteroatoms. The highest BCUT2D eigenvalue weighted by Gasteiger charge is 2.16. The minimum Gasteiger partial charge on any atom is -0.350 e. The quantitative estimate of drug-likeness (QED) is 0.838. The Balaban J connectivity index is 2.33. The van der Waals surface area contributed by atoms with Gasteiger partial charge in [-0.15, -0.1) is 0 Å². The third-order valence-corrected chi connectivity index (χ3v) is 2.92. The van der Waals surface area contributed by atoms with Crippen LogP contribution in [0.15, 0.2) is 12.3 Å². The molecule has 0 aliphatic carbocycles. The minimum atomic E-state index is -0.276. The summed E-state index contributed by atoms with van der Waals surface area (Å²) in [6, 6.07) is 1.73. The Kier molecular flexibility index (Phi) is 3.64. The highest BCUT2D eigenvalue weighted by Crippen LogP contribution is 2.16. The summed E-state index contributed by atoms with van der Waals surface area (Å²) in [7, 11) is 0. The highest BCUT2D eigenvalue weighted by molar-refractivity contribution is 7.71. The van der Waals surface area contributed by atoms with Crippen LogP contribution in [0.2, 0.25) is 5.02 Å². The number of nitrogens with zero attached hydrogens (tertiary/aromatic N) is 2. The molecule has 0 aromatic carbocycles. The molecule has 0 spiro atoms. The van der Waals surface area contributed by atoms with Crippen LogP contribution in [0.5, 0.6) is 0 Å². The van der Waals surface area contributed by atoms with E-state index in [2.05, 4.69) is 15.3 Å². The van der Waals surface area contributed by atoms with Crippen molar-refractivity contribution in [2.24, 2.45) is 0 Å². The number of aromatic amines is 1. The number of nitrogens with one attached hydrogen (secondary N) is 2. The van der Waals surface area contributed by atoms with Gasteiger partial charge in [-0.25, -0.2) is 4.98 Å². The minimum absolute atomic E-state index is 0.110. The van der Waals surface area contributed by atoms with Crippen LogP contribution in [0, 0.1) is 4.77 Å². The summed E-state index contributed by atoms with van der Waals surface area (Å²) in [5.74, 6) is -0.110. The van der Waals surface area contributed by atoms with Crippen LogP contribution in [0.25, 0.3) is 11.2 Å². The Labute approximate surface area is 121 Å². The van der Waals surface area contributed by atoms with Crippen molar-refractivity contribution in [1.29, 1.82) is 0 Å². The number of pyridine rings is 1. The van der Waals surface area contributed by atoms with Crippen LogP contribution in [-0.2, 0) is 11.3 Å². The van der Waals surface area contributed by atoms with E-state index in [1.54, 1.807) is 10.6 Å². The number of carbonyl (C=O) groups excluding carboxylic acids is 1. The van der Waals surface area contributed by atoms with Crippen molar-refractivity contribution in [3.05, 3.63) is 22.1 Å². The van der Waals surface area contributed by atoms with Crippen molar-refractivity contribution >= 4 is 40.9 Å². The van der Waals surface area contributed by atoms with Gasteiger partial charge in [0.1, 0.15) is 6.54 Å². The van der Waals surface area contributed by atoms with Crippen molar-refractivity contribution in [3.8, 4) is 0 Å². The average Bonchev–Trinajstić information content (AvgIpc) is 2.51. The number of rotatable bonds is 2. The maximum atomic E-state index is 11.9. The molecule has 0 saturated heterocycles. The van der Waals surface area contributed by atoms with E-state index in [1.807, 2.05) is 20.8 Å². The SMILES string of the molecule is CC(C)(C)NC(=O)Cn1c(=S)[nH]c2cc(Cl)cnc21. The molecule has 5 nitrogen and oxygen atoms in total. The first-order chi connectivity index (χ1) is 8.76. The van der Waals surface area contributed by atoms with Crippen molar-refractivity contribution in [1.82, 2.24) is 19.9 Å². The number of imidazole rings is 1. The summed E-state index contributed by atoms with van der Waals surface area (Å²) in [5.41, 5.74) is 1.07. The Bertz CT molecular complexity index is 683. The third kappa shape index (κ3) is 3.33. The molecule has 0 fully saturated rings. The predicted molar refractivity (Wildman–Crippen MR) is 77.8 cm³/mol. The zero-order valence-corrected chi connectivity index (χ0v) is 12.5. The molecule has 2 aromatic rings. The lowest BCUT2D eigenvalue weighted by Gasteiger charge is -2.20. The maximum Gasteiger partial charge on any atom is 0.240 e. The van der Waals surface area contributed by atoms with Gasteiger partial charge >= 0.3 is 0 Å². The topological polar surface area (TPSA) is 62.7 Å². The first kappa shape index (κ1) is 14.0. The van der Waals surface area contributed by atoms with Crippen LogP contribution in [-0.4, -0.2) is 26.0 Å². The highest BCUT2D eigenvalue weighted by atomic mass is 35.5. The molecule has 19 heavy (non-hydrogen) atoms. The van der Waals surface area contributed by atoms with Gasteiger partial charge in [-0.1, -0.05) is 11.6 Å². The number of hydrogen-bond acceptors (Lipinski definition) is 3. The van der Waals surface area contributed by atoms with Crippen molar-refractivity contribution in [2.45, 2.75) is 32.9 Å². The maximum absolute atomic E-state index is 11.9. The Morgan fingerprint density at radius 1 is 1.58 bits per heavy atom. The number of fused-ring (bicyclic) bond motifs is 1. The number of aromatic nitrogens is 3. The van der Waals surface area contributed by atoms with Crippen molar-refractivity contribution < 1.29 is 4.79 Å². The zero-order chi connectivity index (χ0) is 14.2. The molecule has 102 valence electrons. The largest absolute Gasteiger partial charge is 0.350 e. The monoisotopic (exact) mass is 298 g/mol. The molecule has 0 saturated carbocycles. The lowest BCUT2D eigenvalue weighted by molar-refractivity contribution is -0.123. The van der Waals surface area contributed by atoms with Crippen molar-refractivity contribution in [3.63, 3.8) is 0 Å². The number of carbonyl (C=O) groups is 1. The van der Waals surface area contributed by atoms with E-state index in [-0.39, 0.29) is 18.0 Å². The lowest BCUT2D eigenvalue weighted by Crippen LogP contribution is -2.42. The van der Waals surface area contributed by atoms with Gasteiger partial charge in [0.05, 0.1) is 10.5 Å². The van der Waals surface area contributed by atoms with Gasteiger partial charge in [-0.3, -0.25) is 9.36 Å². The summed E-state index contributed by atoms with van der Waals surface area (Å²) in [6.45, 7) is 5.91. The van der Waals surface area contributed by atoms with Gasteiger partial charge in [0.15, 0.2) is 10.4 Å². The predicted octanol–water partition coefficient (Wildman–Crippen LogP) is 2.66. The molecular formula is C12H15ClN4OS. The lowest BCUT2D eigenvalue weighted by atomic mass is 10.1. The molecule has 2 N–H and O–H groups in total. The normalized spacial score (nSPS) is 11.8. The first-order valence-corrected chi connectivity index (χ1v) is 6.60. The zero-order valence-electron chi connectivity index (χ0n) is 11.0. The molecular weight excluding hydrogens is 284 g/mol. The summed E-state index contributed by atoms with van der Waals surface area (Å²) in [4.78, 5) is 19.1. The fraction of sp³-hybridized carbons (Fsp3) is 0.417. The molecule has 2 rings (SSSR count). The fourth-order valence-electron chi connectivity index (χ4n) is 1.77. The molecule has 0 aliphatic heterocycles. The summed E-state index contributed by atoms with van der Waals surface area (Å²) in [6.07, 6.45) is 1.53. The van der Waals surface area contributed by atoms with E-state index in [1.165, 1.54) is 6.20 Å². The molecule has 0 radical (unpaired) electrons. The molecule has 2 aromatic heterocycles. The number of amides is 1. The number of halogens is 1. The van der Waals surface area contributed by atoms with Gasteiger partial charge in [-0.2, -0.15) is 0 Å². The van der Waals surface area contributed by atoms with E-state index in [4.69, 9.17) is 23.8 Å². The van der Waals surface area contributed by atoms with Gasteiger partial charge < -0.3 is 10.3 Å². The fourth-order valence-corrected chi connectivity index (χ4v) is 2.18. The average molecular weight is 299 g/mol. The van der Waals surface area contributed by atoms with E-state index in [0.29, 0.717) is 15.4 Å². The van der Waals surface area contributed by atoms with Crippen LogP contribution in [0.1, 0.15) is 20.8 Å².